The molecule has 0 aliphatic carbocycles. The number of rotatable bonds is 3. The van der Waals surface area contributed by atoms with E-state index in [1.165, 1.54) is 6.07 Å². The molecule has 4 rings (SSSR count). The summed E-state index contributed by atoms with van der Waals surface area (Å²) in [6, 6.07) is 5.70. The third-order valence-corrected chi connectivity index (χ3v) is 4.19. The van der Waals surface area contributed by atoms with E-state index in [0.29, 0.717) is 10.9 Å². The summed E-state index contributed by atoms with van der Waals surface area (Å²) in [5.74, 6) is -15.1. The van der Waals surface area contributed by atoms with E-state index in [2.05, 4.69) is 31.0 Å². The van der Waals surface area contributed by atoms with Crippen molar-refractivity contribution in [2.45, 2.75) is 6.17 Å². The maximum absolute atomic E-state index is 13.7. The van der Waals surface area contributed by atoms with Crippen molar-refractivity contribution in [2.24, 2.45) is 10.3 Å². The minimum Gasteiger partial charge on any atom is -0.416 e. The zero-order valence-electron chi connectivity index (χ0n) is 14.4. The van der Waals surface area contributed by atoms with Gasteiger partial charge < -0.3 is 9.72 Å². The summed E-state index contributed by atoms with van der Waals surface area (Å²) in [5, 5.41) is 7.71. The van der Waals surface area contributed by atoms with Crippen molar-refractivity contribution in [3.05, 3.63) is 74.8 Å². The summed E-state index contributed by atoms with van der Waals surface area (Å²) in [4.78, 5) is 26.8. The molecule has 0 saturated carbocycles. The van der Waals surface area contributed by atoms with Gasteiger partial charge in [-0.25, -0.2) is 23.5 Å². The molecule has 1 atom stereocenters. The fraction of sp³-hybridized carbons (Fsp3) is 0.0588. The highest BCUT2D eigenvalue weighted by molar-refractivity contribution is 5.94. The zero-order chi connectivity index (χ0) is 21.6. The Bertz CT molecular complexity index is 1260. The maximum atomic E-state index is 13.7. The normalized spacial score (nSPS) is 15.4. The van der Waals surface area contributed by atoms with Gasteiger partial charge in [0.15, 0.2) is 6.17 Å². The van der Waals surface area contributed by atoms with Crippen LogP contribution in [0.4, 0.5) is 22.0 Å². The van der Waals surface area contributed by atoms with Crippen LogP contribution in [0.3, 0.4) is 0 Å². The topological polar surface area (TPSA) is 108 Å². The number of hydrogen-bond acceptors (Lipinski definition) is 7. The van der Waals surface area contributed by atoms with Crippen molar-refractivity contribution in [3.63, 3.8) is 0 Å². The minimum atomic E-state index is -2.41. The Kier molecular flexibility index (Phi) is 4.66. The number of aromatic nitrogens is 1. The number of nitrogens with one attached hydrogen (secondary N) is 3. The van der Waals surface area contributed by atoms with Gasteiger partial charge in [-0.05, 0) is 23.1 Å². The van der Waals surface area contributed by atoms with Crippen molar-refractivity contribution < 1.29 is 31.5 Å². The molecule has 0 fully saturated rings. The largest absolute Gasteiger partial charge is 0.416 e. The zero-order valence-corrected chi connectivity index (χ0v) is 14.4. The van der Waals surface area contributed by atoms with Crippen LogP contribution in [-0.2, 0) is 0 Å². The predicted octanol–water partition coefficient (Wildman–Crippen LogP) is 2.92. The molecular formula is C17H8F5N5O3. The highest BCUT2D eigenvalue weighted by Gasteiger charge is 2.29. The molecule has 0 saturated heterocycles. The number of ether oxygens (including phenoxy) is 1. The molecule has 13 heteroatoms. The summed E-state index contributed by atoms with van der Waals surface area (Å²) in [6.07, 6.45) is -0.517. The minimum absolute atomic E-state index is 0.286. The molecule has 0 amide bonds. The molecule has 1 aromatic heterocycles. The molecule has 1 unspecified atom stereocenters. The molecular weight excluding hydrogens is 417 g/mol. The SMILES string of the molecule is O=C(Oc1c(F)c(F)c(F)c(F)c1F)c1cc2ccc(C3N=NNN3)cc2[nH]c1=O. The van der Waals surface area contributed by atoms with Gasteiger partial charge in [-0.2, -0.15) is 14.2 Å². The monoisotopic (exact) mass is 425 g/mol. The van der Waals surface area contributed by atoms with E-state index in [0.717, 1.165) is 6.07 Å². The van der Waals surface area contributed by atoms with Crippen LogP contribution in [-0.4, -0.2) is 11.0 Å². The summed E-state index contributed by atoms with van der Waals surface area (Å²) >= 11 is 0. The van der Waals surface area contributed by atoms with E-state index in [9.17, 15) is 31.5 Å². The third kappa shape index (κ3) is 3.14. The lowest BCUT2D eigenvalue weighted by Gasteiger charge is -2.10. The van der Waals surface area contributed by atoms with Crippen molar-refractivity contribution >= 4 is 16.9 Å². The Labute approximate surface area is 162 Å². The Balaban J connectivity index is 1.71. The first kappa shape index (κ1) is 19.4. The molecule has 0 radical (unpaired) electrons. The molecule has 1 aliphatic heterocycles. The summed E-state index contributed by atoms with van der Waals surface area (Å²) in [6.45, 7) is 0. The lowest BCUT2D eigenvalue weighted by Crippen LogP contribution is -2.24. The molecule has 3 N–H and O–H groups in total. The Morgan fingerprint density at radius 2 is 1.63 bits per heavy atom. The number of hydrogen-bond donors (Lipinski definition) is 3. The van der Waals surface area contributed by atoms with E-state index in [-0.39, 0.29) is 5.52 Å². The third-order valence-electron chi connectivity index (χ3n) is 4.19. The van der Waals surface area contributed by atoms with Gasteiger partial charge in [-0.1, -0.05) is 17.4 Å². The molecule has 154 valence electrons. The molecule has 1 aliphatic rings. The number of nitrogens with zero attached hydrogens (tertiary/aromatic N) is 2. The second-order valence-electron chi connectivity index (χ2n) is 6.02. The van der Waals surface area contributed by atoms with Gasteiger partial charge in [-0.15, -0.1) is 5.11 Å². The number of carbonyl (C=O) groups excluding carboxylic acids is 1. The number of benzene rings is 2. The number of carbonyl (C=O) groups is 1. The van der Waals surface area contributed by atoms with E-state index in [4.69, 9.17) is 0 Å². The van der Waals surface area contributed by atoms with Crippen LogP contribution in [0.15, 0.2) is 39.4 Å². The first-order valence-corrected chi connectivity index (χ1v) is 8.09. The highest BCUT2D eigenvalue weighted by Crippen LogP contribution is 2.30. The number of fused-ring (bicyclic) bond motifs is 1. The molecule has 30 heavy (non-hydrogen) atoms. The van der Waals surface area contributed by atoms with E-state index in [1.807, 2.05) is 0 Å². The molecule has 2 heterocycles. The average molecular weight is 425 g/mol. The number of hydrazine groups is 1. The summed E-state index contributed by atoms with van der Waals surface area (Å²) in [7, 11) is 0. The van der Waals surface area contributed by atoms with E-state index >= 15 is 0 Å². The van der Waals surface area contributed by atoms with Crippen molar-refractivity contribution in [2.75, 3.05) is 0 Å². The number of esters is 1. The first-order chi connectivity index (χ1) is 14.3. The molecule has 3 aromatic rings. The smallest absolute Gasteiger partial charge is 0.349 e. The number of H-pyrrole nitrogens is 1. The second-order valence-corrected chi connectivity index (χ2v) is 6.02. The average Bonchev–Trinajstić information content (AvgIpc) is 3.28. The quantitative estimate of drug-likeness (QED) is 0.197. The van der Waals surface area contributed by atoms with Crippen molar-refractivity contribution in [3.8, 4) is 5.75 Å². The van der Waals surface area contributed by atoms with Crippen LogP contribution >= 0.6 is 0 Å². The predicted molar refractivity (Wildman–Crippen MR) is 89.6 cm³/mol. The molecule has 2 aromatic carbocycles. The summed E-state index contributed by atoms with van der Waals surface area (Å²) < 4.78 is 71.4. The highest BCUT2D eigenvalue weighted by atomic mass is 19.2. The maximum Gasteiger partial charge on any atom is 0.349 e. The lowest BCUT2D eigenvalue weighted by molar-refractivity contribution is 0.0714. The number of halogens is 5. The van der Waals surface area contributed by atoms with Gasteiger partial charge in [0.25, 0.3) is 5.56 Å². The number of aromatic amines is 1. The summed E-state index contributed by atoms with van der Waals surface area (Å²) in [5.41, 5.74) is 4.34. The Morgan fingerprint density at radius 1 is 0.967 bits per heavy atom. The fourth-order valence-electron chi connectivity index (χ4n) is 2.72. The van der Waals surface area contributed by atoms with Crippen LogP contribution in [0, 0.1) is 29.1 Å². The molecule has 0 bridgehead atoms. The van der Waals surface area contributed by atoms with Gasteiger partial charge in [0.2, 0.25) is 34.8 Å². The van der Waals surface area contributed by atoms with Gasteiger partial charge in [0, 0.05) is 5.52 Å². The van der Waals surface area contributed by atoms with Crippen LogP contribution in [0.25, 0.3) is 10.9 Å². The van der Waals surface area contributed by atoms with Crippen molar-refractivity contribution in [1.29, 1.82) is 0 Å². The van der Waals surface area contributed by atoms with Crippen LogP contribution in [0.2, 0.25) is 0 Å². The number of pyridine rings is 1. The first-order valence-electron chi connectivity index (χ1n) is 8.09. The van der Waals surface area contributed by atoms with Gasteiger partial charge in [0.1, 0.15) is 5.56 Å². The standard InChI is InChI=1S/C17H8F5N5O3/c18-9-10(19)12(21)14(13(22)11(9)20)30-17(29)7-3-5-1-2-6(15-24-26-27-25-15)4-8(5)23-16(7)28/h1-4,15H,(H,23,28)(H,24,27)(H,25,26). The van der Waals surface area contributed by atoms with Crippen LogP contribution in [0.1, 0.15) is 22.1 Å². The lowest BCUT2D eigenvalue weighted by atomic mass is 10.1. The van der Waals surface area contributed by atoms with E-state index < -0.39 is 58.1 Å². The Morgan fingerprint density at radius 3 is 2.27 bits per heavy atom. The van der Waals surface area contributed by atoms with Crippen molar-refractivity contribution in [1.82, 2.24) is 15.9 Å². The van der Waals surface area contributed by atoms with Crippen LogP contribution < -0.4 is 21.3 Å². The fourth-order valence-corrected chi connectivity index (χ4v) is 2.72. The Hall–Kier alpha value is -3.87. The van der Waals surface area contributed by atoms with Gasteiger partial charge >= 0.3 is 5.97 Å². The van der Waals surface area contributed by atoms with E-state index in [1.54, 1.807) is 12.1 Å². The second kappa shape index (κ2) is 7.18. The molecule has 8 nitrogen and oxygen atoms in total. The van der Waals surface area contributed by atoms with Gasteiger partial charge in [0.05, 0.1) is 0 Å². The molecule has 0 spiro atoms. The van der Waals surface area contributed by atoms with Gasteiger partial charge in [-0.3, -0.25) is 4.79 Å². The van der Waals surface area contributed by atoms with Crippen LogP contribution in [0.5, 0.6) is 5.75 Å².